The smallest absolute Gasteiger partial charge is 0.197 e. The van der Waals surface area contributed by atoms with Crippen LogP contribution < -0.4 is 0 Å². The van der Waals surface area contributed by atoms with E-state index >= 15 is 0 Å². The molecule has 90 valence electrons. The Morgan fingerprint density at radius 3 is 2.78 bits per heavy atom. The SMILES string of the molecule is Oc1cccn2nc(Cc3ccccc3Br)nc12. The van der Waals surface area contributed by atoms with Gasteiger partial charge in [0.05, 0.1) is 0 Å². The number of aromatic hydroxyl groups is 1. The number of nitrogens with zero attached hydrogens (tertiary/aromatic N) is 3. The number of pyridine rings is 1. The summed E-state index contributed by atoms with van der Waals surface area (Å²) < 4.78 is 2.62. The highest BCUT2D eigenvalue weighted by Crippen LogP contribution is 2.20. The Kier molecular flexibility index (Phi) is 2.76. The average Bonchev–Trinajstić information content (AvgIpc) is 2.76. The first-order valence-corrected chi connectivity index (χ1v) is 6.30. The van der Waals surface area contributed by atoms with Gasteiger partial charge >= 0.3 is 0 Å². The first-order valence-electron chi connectivity index (χ1n) is 5.51. The molecule has 4 nitrogen and oxygen atoms in total. The summed E-state index contributed by atoms with van der Waals surface area (Å²) in [5, 5.41) is 14.0. The molecule has 2 heterocycles. The number of hydrogen-bond donors (Lipinski definition) is 1. The third-order valence-corrected chi connectivity index (χ3v) is 3.47. The predicted octanol–water partition coefficient (Wildman–Crippen LogP) is 2.79. The second-order valence-corrected chi connectivity index (χ2v) is 4.81. The van der Waals surface area contributed by atoms with Crippen LogP contribution in [-0.4, -0.2) is 19.7 Å². The maximum absolute atomic E-state index is 9.67. The Bertz CT molecular complexity index is 708. The fraction of sp³-hybridized carbons (Fsp3) is 0.0769. The van der Waals surface area contributed by atoms with E-state index in [0.717, 1.165) is 10.0 Å². The molecule has 0 aliphatic carbocycles. The van der Waals surface area contributed by atoms with E-state index in [9.17, 15) is 5.11 Å². The van der Waals surface area contributed by atoms with Crippen molar-refractivity contribution in [1.29, 1.82) is 0 Å². The molecule has 0 radical (unpaired) electrons. The number of hydrogen-bond acceptors (Lipinski definition) is 3. The van der Waals surface area contributed by atoms with E-state index in [1.165, 1.54) is 0 Å². The summed E-state index contributed by atoms with van der Waals surface area (Å²) in [4.78, 5) is 4.33. The van der Waals surface area contributed by atoms with Gasteiger partial charge in [0.15, 0.2) is 17.2 Å². The normalized spacial score (nSPS) is 10.9. The molecule has 0 unspecified atom stereocenters. The molecule has 0 spiro atoms. The molecule has 0 amide bonds. The Balaban J connectivity index is 2.01. The zero-order valence-corrected chi connectivity index (χ0v) is 11.0. The van der Waals surface area contributed by atoms with Gasteiger partial charge in [-0.1, -0.05) is 34.1 Å². The highest BCUT2D eigenvalue weighted by Gasteiger charge is 2.08. The van der Waals surface area contributed by atoms with Gasteiger partial charge in [0.2, 0.25) is 0 Å². The minimum atomic E-state index is 0.142. The molecule has 0 saturated heterocycles. The van der Waals surface area contributed by atoms with E-state index in [4.69, 9.17) is 0 Å². The summed E-state index contributed by atoms with van der Waals surface area (Å²) in [6, 6.07) is 11.3. The van der Waals surface area contributed by atoms with Crippen LogP contribution in [0.25, 0.3) is 5.65 Å². The van der Waals surface area contributed by atoms with Crippen LogP contribution in [0.15, 0.2) is 47.1 Å². The Labute approximate surface area is 112 Å². The monoisotopic (exact) mass is 303 g/mol. The van der Waals surface area contributed by atoms with Crippen molar-refractivity contribution >= 4 is 21.6 Å². The summed E-state index contributed by atoms with van der Waals surface area (Å²) in [6.07, 6.45) is 2.40. The van der Waals surface area contributed by atoms with Gasteiger partial charge in [-0.25, -0.2) is 9.50 Å². The second-order valence-electron chi connectivity index (χ2n) is 3.96. The third-order valence-electron chi connectivity index (χ3n) is 2.69. The van der Waals surface area contributed by atoms with E-state index in [-0.39, 0.29) is 5.75 Å². The topological polar surface area (TPSA) is 50.4 Å². The lowest BCUT2D eigenvalue weighted by Gasteiger charge is -1.99. The van der Waals surface area contributed by atoms with Crippen molar-refractivity contribution in [2.24, 2.45) is 0 Å². The molecule has 18 heavy (non-hydrogen) atoms. The molecular formula is C13H10BrN3O. The number of aromatic nitrogens is 3. The maximum Gasteiger partial charge on any atom is 0.197 e. The first kappa shape index (κ1) is 11.2. The van der Waals surface area contributed by atoms with Gasteiger partial charge in [0, 0.05) is 17.1 Å². The van der Waals surface area contributed by atoms with E-state index in [1.54, 1.807) is 22.8 Å². The van der Waals surface area contributed by atoms with Gasteiger partial charge in [0.25, 0.3) is 0 Å². The van der Waals surface area contributed by atoms with Crippen molar-refractivity contribution in [3.05, 3.63) is 58.5 Å². The lowest BCUT2D eigenvalue weighted by Crippen LogP contribution is -1.92. The molecule has 0 atom stereocenters. The van der Waals surface area contributed by atoms with Gasteiger partial charge in [-0.2, -0.15) is 5.10 Å². The van der Waals surface area contributed by atoms with Crippen LogP contribution in [-0.2, 0) is 6.42 Å². The Hall–Kier alpha value is -1.88. The average molecular weight is 304 g/mol. The van der Waals surface area contributed by atoms with Crippen LogP contribution >= 0.6 is 15.9 Å². The summed E-state index contributed by atoms with van der Waals surface area (Å²) in [5.41, 5.74) is 1.60. The fourth-order valence-corrected chi connectivity index (χ4v) is 2.25. The van der Waals surface area contributed by atoms with Crippen molar-refractivity contribution in [2.45, 2.75) is 6.42 Å². The summed E-state index contributed by atoms with van der Waals surface area (Å²) in [7, 11) is 0. The molecule has 1 N–H and O–H groups in total. The number of rotatable bonds is 2. The number of fused-ring (bicyclic) bond motifs is 1. The lowest BCUT2D eigenvalue weighted by atomic mass is 10.1. The standard InChI is InChI=1S/C13H10BrN3O/c14-10-5-2-1-4-9(10)8-12-15-13-11(18)6-3-7-17(13)16-12/h1-7,18H,8H2. The van der Waals surface area contributed by atoms with Gasteiger partial charge in [0.1, 0.15) is 0 Å². The fourth-order valence-electron chi connectivity index (χ4n) is 1.82. The predicted molar refractivity (Wildman–Crippen MR) is 71.6 cm³/mol. The molecule has 0 fully saturated rings. The van der Waals surface area contributed by atoms with Crippen LogP contribution in [0, 0.1) is 0 Å². The summed E-state index contributed by atoms with van der Waals surface area (Å²) >= 11 is 3.50. The molecule has 1 aromatic carbocycles. The van der Waals surface area contributed by atoms with Crippen LogP contribution in [0.1, 0.15) is 11.4 Å². The van der Waals surface area contributed by atoms with Crippen molar-refractivity contribution in [3.8, 4) is 5.75 Å². The van der Waals surface area contributed by atoms with Gasteiger partial charge in [-0.3, -0.25) is 0 Å². The molecular weight excluding hydrogens is 294 g/mol. The van der Waals surface area contributed by atoms with Crippen LogP contribution in [0.2, 0.25) is 0 Å². The van der Waals surface area contributed by atoms with Crippen LogP contribution in [0.3, 0.4) is 0 Å². The second kappa shape index (κ2) is 4.42. The van der Waals surface area contributed by atoms with Gasteiger partial charge < -0.3 is 5.11 Å². The zero-order chi connectivity index (χ0) is 12.5. The summed E-state index contributed by atoms with van der Waals surface area (Å²) in [5.74, 6) is 0.826. The van der Waals surface area contributed by atoms with E-state index < -0.39 is 0 Å². The zero-order valence-electron chi connectivity index (χ0n) is 9.42. The quantitative estimate of drug-likeness (QED) is 0.792. The Morgan fingerprint density at radius 2 is 2.00 bits per heavy atom. The van der Waals surface area contributed by atoms with E-state index in [1.807, 2.05) is 24.3 Å². The van der Waals surface area contributed by atoms with Crippen molar-refractivity contribution in [2.75, 3.05) is 0 Å². The maximum atomic E-state index is 9.67. The van der Waals surface area contributed by atoms with Crippen LogP contribution in [0.5, 0.6) is 5.75 Å². The van der Waals surface area contributed by atoms with Crippen molar-refractivity contribution in [3.63, 3.8) is 0 Å². The van der Waals surface area contributed by atoms with Gasteiger partial charge in [-0.15, -0.1) is 0 Å². The molecule has 0 aliphatic heterocycles. The first-order chi connectivity index (χ1) is 8.74. The lowest BCUT2D eigenvalue weighted by molar-refractivity contribution is 0.477. The largest absolute Gasteiger partial charge is 0.504 e. The van der Waals surface area contributed by atoms with Crippen molar-refractivity contribution < 1.29 is 5.11 Å². The van der Waals surface area contributed by atoms with Crippen LogP contribution in [0.4, 0.5) is 0 Å². The Morgan fingerprint density at radius 1 is 1.17 bits per heavy atom. The molecule has 2 aromatic heterocycles. The molecule has 0 aliphatic rings. The minimum Gasteiger partial charge on any atom is -0.504 e. The highest BCUT2D eigenvalue weighted by molar-refractivity contribution is 9.10. The molecule has 0 bridgehead atoms. The summed E-state index contributed by atoms with van der Waals surface area (Å²) in [6.45, 7) is 0. The number of halogens is 1. The van der Waals surface area contributed by atoms with E-state index in [0.29, 0.717) is 17.9 Å². The van der Waals surface area contributed by atoms with Gasteiger partial charge in [-0.05, 0) is 23.8 Å². The third kappa shape index (κ3) is 1.97. The van der Waals surface area contributed by atoms with Crippen molar-refractivity contribution in [1.82, 2.24) is 14.6 Å². The molecule has 0 saturated carbocycles. The van der Waals surface area contributed by atoms with E-state index in [2.05, 4.69) is 26.0 Å². The molecule has 5 heteroatoms. The number of benzene rings is 1. The molecule has 3 aromatic rings. The molecule has 3 rings (SSSR count). The minimum absolute atomic E-state index is 0.142. The highest BCUT2D eigenvalue weighted by atomic mass is 79.9.